The number of hydrogen-bond acceptors (Lipinski definition) is 6. The normalized spacial score (nSPS) is 14.8. The van der Waals surface area contributed by atoms with Crippen LogP contribution in [-0.2, 0) is 16.0 Å². The van der Waals surface area contributed by atoms with Gasteiger partial charge < -0.3 is 14.8 Å². The number of carbonyl (C=O) groups is 2. The van der Waals surface area contributed by atoms with E-state index >= 15 is 0 Å². The number of aliphatic imine (C=N–C) groups is 1. The fourth-order valence-corrected chi connectivity index (χ4v) is 5.33. The minimum atomic E-state index is -0.274. The van der Waals surface area contributed by atoms with E-state index < -0.39 is 0 Å². The third-order valence-corrected chi connectivity index (χ3v) is 7.32. The molecule has 1 aliphatic rings. The first kappa shape index (κ1) is 28.7. The summed E-state index contributed by atoms with van der Waals surface area (Å²) in [6.07, 6.45) is 2.55. The van der Waals surface area contributed by atoms with Gasteiger partial charge in [-0.3, -0.25) is 14.5 Å². The molecule has 2 amide bonds. The van der Waals surface area contributed by atoms with Gasteiger partial charge in [0, 0.05) is 12.2 Å². The Balaban J connectivity index is 1.34. The van der Waals surface area contributed by atoms with Crippen LogP contribution in [0, 0.1) is 0 Å². The first-order chi connectivity index (χ1) is 20.6. The van der Waals surface area contributed by atoms with Crippen LogP contribution in [0.4, 0.5) is 11.4 Å². The van der Waals surface area contributed by atoms with Crippen molar-refractivity contribution < 1.29 is 19.1 Å². The molecule has 8 heteroatoms. The molecular weight excluding hydrogens is 546 g/mol. The van der Waals surface area contributed by atoms with E-state index in [1.54, 1.807) is 11.0 Å². The van der Waals surface area contributed by atoms with Gasteiger partial charge in [-0.2, -0.15) is 0 Å². The summed E-state index contributed by atoms with van der Waals surface area (Å²) in [4.78, 5) is 33.1. The standard InChI is InChI=1S/C34H31N3O4S/c1-2-40-30-22-26(18-19-29(30)41-24-32(38)35-27-14-8-4-9-15-27)23-31-33(39)37(21-20-25-12-6-3-7-13-25)34(42-31)36-28-16-10-5-11-17-28/h3-19,22-23H,2,20-21,24H2,1H3,(H,35,38)/b31-23+,36-34?. The van der Waals surface area contributed by atoms with Gasteiger partial charge in [0.2, 0.25) is 0 Å². The number of benzene rings is 4. The molecule has 5 rings (SSSR count). The maximum absolute atomic E-state index is 13.6. The topological polar surface area (TPSA) is 80.2 Å². The lowest BCUT2D eigenvalue weighted by atomic mass is 10.1. The second-order valence-electron chi connectivity index (χ2n) is 9.38. The molecule has 212 valence electrons. The predicted molar refractivity (Wildman–Crippen MR) is 169 cm³/mol. The van der Waals surface area contributed by atoms with Crippen LogP contribution in [0.15, 0.2) is 119 Å². The van der Waals surface area contributed by atoms with Crippen molar-refractivity contribution in [3.8, 4) is 11.5 Å². The van der Waals surface area contributed by atoms with Crippen molar-refractivity contribution in [2.24, 2.45) is 4.99 Å². The molecular formula is C34H31N3O4S. The van der Waals surface area contributed by atoms with E-state index in [2.05, 4.69) is 17.4 Å². The average Bonchev–Trinajstić information content (AvgIpc) is 3.30. The molecule has 0 aliphatic carbocycles. The number of amidine groups is 1. The zero-order valence-corrected chi connectivity index (χ0v) is 24.1. The lowest BCUT2D eigenvalue weighted by Crippen LogP contribution is -2.31. The quantitative estimate of drug-likeness (QED) is 0.195. The van der Waals surface area contributed by atoms with Crippen LogP contribution in [-0.4, -0.2) is 41.6 Å². The van der Waals surface area contributed by atoms with Crippen molar-refractivity contribution in [2.75, 3.05) is 25.1 Å². The van der Waals surface area contributed by atoms with Gasteiger partial charge in [-0.05, 0) is 78.7 Å². The molecule has 1 heterocycles. The molecule has 1 aliphatic heterocycles. The Kier molecular flexibility index (Phi) is 9.69. The van der Waals surface area contributed by atoms with Gasteiger partial charge in [0.05, 0.1) is 17.2 Å². The Bertz CT molecular complexity index is 1570. The molecule has 4 aromatic carbocycles. The van der Waals surface area contributed by atoms with E-state index in [1.165, 1.54) is 11.8 Å². The molecule has 0 aromatic heterocycles. The highest BCUT2D eigenvalue weighted by atomic mass is 32.2. The maximum atomic E-state index is 13.6. The van der Waals surface area contributed by atoms with E-state index in [0.29, 0.717) is 46.8 Å². The van der Waals surface area contributed by atoms with E-state index in [-0.39, 0.29) is 18.4 Å². The van der Waals surface area contributed by atoms with Crippen LogP contribution in [0.5, 0.6) is 11.5 Å². The van der Waals surface area contributed by atoms with Crippen LogP contribution in [0.2, 0.25) is 0 Å². The highest BCUT2D eigenvalue weighted by Gasteiger charge is 2.33. The van der Waals surface area contributed by atoms with Crippen LogP contribution >= 0.6 is 11.8 Å². The fourth-order valence-electron chi connectivity index (χ4n) is 4.30. The summed E-state index contributed by atoms with van der Waals surface area (Å²) in [5, 5.41) is 3.45. The highest BCUT2D eigenvalue weighted by molar-refractivity contribution is 8.18. The van der Waals surface area contributed by atoms with Crippen molar-refractivity contribution >= 4 is 46.2 Å². The number of hydrogen-bond donors (Lipinski definition) is 1. The number of anilines is 1. The molecule has 0 spiro atoms. The number of rotatable bonds is 11. The summed E-state index contributed by atoms with van der Waals surface area (Å²) in [5.41, 5.74) is 3.42. The molecule has 4 aromatic rings. The monoisotopic (exact) mass is 577 g/mol. The second-order valence-corrected chi connectivity index (χ2v) is 10.4. The van der Waals surface area contributed by atoms with Crippen molar-refractivity contribution in [3.05, 3.63) is 125 Å². The van der Waals surface area contributed by atoms with Gasteiger partial charge in [0.15, 0.2) is 23.3 Å². The third-order valence-electron chi connectivity index (χ3n) is 6.32. The molecule has 1 saturated heterocycles. The molecule has 0 radical (unpaired) electrons. The molecule has 1 N–H and O–H groups in total. The predicted octanol–water partition coefficient (Wildman–Crippen LogP) is 6.95. The first-order valence-electron chi connectivity index (χ1n) is 13.7. The number of amides is 2. The summed E-state index contributed by atoms with van der Waals surface area (Å²) in [7, 11) is 0. The minimum Gasteiger partial charge on any atom is -0.490 e. The summed E-state index contributed by atoms with van der Waals surface area (Å²) in [6, 6.07) is 34.3. The fraction of sp³-hybridized carbons (Fsp3) is 0.147. The highest BCUT2D eigenvalue weighted by Crippen LogP contribution is 2.36. The smallest absolute Gasteiger partial charge is 0.266 e. The Labute approximate surface area is 249 Å². The summed E-state index contributed by atoms with van der Waals surface area (Å²) >= 11 is 1.35. The zero-order chi connectivity index (χ0) is 29.1. The summed E-state index contributed by atoms with van der Waals surface area (Å²) < 4.78 is 11.6. The Morgan fingerprint density at radius 1 is 0.881 bits per heavy atom. The van der Waals surface area contributed by atoms with Gasteiger partial charge in [0.25, 0.3) is 11.8 Å². The van der Waals surface area contributed by atoms with E-state index in [1.807, 2.05) is 104 Å². The van der Waals surface area contributed by atoms with Crippen LogP contribution in [0.25, 0.3) is 6.08 Å². The van der Waals surface area contributed by atoms with E-state index in [4.69, 9.17) is 14.5 Å². The SMILES string of the molecule is CCOc1cc(/C=C2/SC(=Nc3ccccc3)N(CCc3ccccc3)C2=O)ccc1OCC(=O)Nc1ccccc1. The lowest BCUT2D eigenvalue weighted by molar-refractivity contribution is -0.122. The average molecular weight is 578 g/mol. The van der Waals surface area contributed by atoms with Gasteiger partial charge in [-0.25, -0.2) is 4.99 Å². The first-order valence-corrected chi connectivity index (χ1v) is 14.5. The Hall–Kier alpha value is -4.82. The van der Waals surface area contributed by atoms with Crippen molar-refractivity contribution in [1.82, 2.24) is 4.90 Å². The molecule has 0 bridgehead atoms. The van der Waals surface area contributed by atoms with Gasteiger partial charge in [-0.15, -0.1) is 0 Å². The lowest BCUT2D eigenvalue weighted by Gasteiger charge is -2.15. The van der Waals surface area contributed by atoms with Crippen LogP contribution in [0.3, 0.4) is 0 Å². The number of nitrogens with zero attached hydrogens (tertiary/aromatic N) is 2. The van der Waals surface area contributed by atoms with Crippen LogP contribution in [0.1, 0.15) is 18.1 Å². The third kappa shape index (κ3) is 7.67. The maximum Gasteiger partial charge on any atom is 0.266 e. The Morgan fingerprint density at radius 2 is 1.57 bits per heavy atom. The van der Waals surface area contributed by atoms with Crippen molar-refractivity contribution in [1.29, 1.82) is 0 Å². The molecule has 0 unspecified atom stereocenters. The largest absolute Gasteiger partial charge is 0.490 e. The second kappa shape index (κ2) is 14.2. The summed E-state index contributed by atoms with van der Waals surface area (Å²) in [5.74, 6) is 0.572. The van der Waals surface area contributed by atoms with E-state index in [9.17, 15) is 9.59 Å². The zero-order valence-electron chi connectivity index (χ0n) is 23.2. The van der Waals surface area contributed by atoms with Crippen molar-refractivity contribution in [2.45, 2.75) is 13.3 Å². The number of ether oxygens (including phenoxy) is 2. The van der Waals surface area contributed by atoms with Crippen LogP contribution < -0.4 is 14.8 Å². The molecule has 0 saturated carbocycles. The molecule has 7 nitrogen and oxygen atoms in total. The number of para-hydroxylation sites is 2. The molecule has 0 atom stereocenters. The van der Waals surface area contributed by atoms with Gasteiger partial charge in [0.1, 0.15) is 0 Å². The summed E-state index contributed by atoms with van der Waals surface area (Å²) in [6.45, 7) is 2.64. The number of thioether (sulfide) groups is 1. The molecule has 42 heavy (non-hydrogen) atoms. The number of nitrogens with one attached hydrogen (secondary N) is 1. The Morgan fingerprint density at radius 3 is 2.29 bits per heavy atom. The van der Waals surface area contributed by atoms with Gasteiger partial charge in [-0.1, -0.05) is 72.8 Å². The minimum absolute atomic E-state index is 0.0959. The number of carbonyl (C=O) groups excluding carboxylic acids is 2. The molecule has 1 fully saturated rings. The van der Waals surface area contributed by atoms with Gasteiger partial charge >= 0.3 is 0 Å². The van der Waals surface area contributed by atoms with Crippen molar-refractivity contribution in [3.63, 3.8) is 0 Å². The van der Waals surface area contributed by atoms with E-state index in [0.717, 1.165) is 16.8 Å².